The quantitative estimate of drug-likeness (QED) is 0.839. The smallest absolute Gasteiger partial charge is 0.416 e. The van der Waals surface area contributed by atoms with Crippen molar-refractivity contribution in [3.8, 4) is 0 Å². The van der Waals surface area contributed by atoms with E-state index in [2.05, 4.69) is 0 Å². The van der Waals surface area contributed by atoms with Crippen LogP contribution in [0.4, 0.5) is 23.2 Å². The van der Waals surface area contributed by atoms with E-state index in [1.165, 1.54) is 13.8 Å². The Morgan fingerprint density at radius 2 is 1.81 bits per heavy atom. The number of halogens is 4. The van der Waals surface area contributed by atoms with Crippen molar-refractivity contribution in [3.63, 3.8) is 0 Å². The number of nitrogens with one attached hydrogen (secondary N) is 1. The zero-order valence-electron chi connectivity index (χ0n) is 11.2. The Kier molecular flexibility index (Phi) is 4.60. The molecule has 0 aliphatic rings. The molecule has 0 heterocycles. The number of alkyl halides is 3. The fourth-order valence-corrected chi connectivity index (χ4v) is 1.47. The van der Waals surface area contributed by atoms with Crippen LogP contribution in [0, 0.1) is 11.2 Å². The number of carbonyl (C=O) groups is 2. The van der Waals surface area contributed by atoms with Crippen molar-refractivity contribution in [3.05, 3.63) is 29.6 Å². The molecule has 0 aliphatic carbocycles. The second-order valence-electron chi connectivity index (χ2n) is 5.11. The summed E-state index contributed by atoms with van der Waals surface area (Å²) < 4.78 is 50.9. The maximum atomic E-state index is 13.4. The van der Waals surface area contributed by atoms with Gasteiger partial charge in [-0.25, -0.2) is 4.39 Å². The van der Waals surface area contributed by atoms with E-state index in [0.29, 0.717) is 18.2 Å². The zero-order chi connectivity index (χ0) is 16.4. The van der Waals surface area contributed by atoms with Crippen LogP contribution < -0.4 is 5.32 Å². The second kappa shape index (κ2) is 5.71. The van der Waals surface area contributed by atoms with Gasteiger partial charge in [-0.2, -0.15) is 13.2 Å². The normalized spacial score (nSPS) is 12.1. The van der Waals surface area contributed by atoms with E-state index in [4.69, 9.17) is 5.11 Å². The molecule has 0 spiro atoms. The van der Waals surface area contributed by atoms with E-state index in [-0.39, 0.29) is 0 Å². The van der Waals surface area contributed by atoms with Gasteiger partial charge in [-0.15, -0.1) is 0 Å². The summed E-state index contributed by atoms with van der Waals surface area (Å²) in [6, 6.07) is 1.59. The fraction of sp³-hybridized carbons (Fsp3) is 0.385. The Morgan fingerprint density at radius 3 is 2.29 bits per heavy atom. The van der Waals surface area contributed by atoms with Crippen molar-refractivity contribution in [2.24, 2.45) is 5.41 Å². The molecule has 1 rings (SSSR count). The summed E-state index contributed by atoms with van der Waals surface area (Å²) in [5, 5.41) is 10.8. The fourth-order valence-electron chi connectivity index (χ4n) is 1.47. The van der Waals surface area contributed by atoms with Gasteiger partial charge in [0.15, 0.2) is 0 Å². The minimum absolute atomic E-state index is 0.459. The highest BCUT2D eigenvalue weighted by Gasteiger charge is 2.32. The Bertz CT molecular complexity index is 567. The van der Waals surface area contributed by atoms with E-state index in [1.54, 1.807) is 0 Å². The average Bonchev–Trinajstić information content (AvgIpc) is 2.29. The molecule has 0 atom stereocenters. The predicted octanol–water partition coefficient (Wildman–Crippen LogP) is 3.28. The summed E-state index contributed by atoms with van der Waals surface area (Å²) in [4.78, 5) is 22.5. The lowest BCUT2D eigenvalue weighted by atomic mass is 9.89. The van der Waals surface area contributed by atoms with Crippen molar-refractivity contribution in [1.29, 1.82) is 0 Å². The molecule has 0 unspecified atom stereocenters. The van der Waals surface area contributed by atoms with Gasteiger partial charge in [0, 0.05) is 6.42 Å². The van der Waals surface area contributed by atoms with E-state index in [9.17, 15) is 27.2 Å². The number of hydrogen-bond donors (Lipinski definition) is 2. The van der Waals surface area contributed by atoms with Gasteiger partial charge in [0.1, 0.15) is 5.82 Å². The minimum atomic E-state index is -4.67. The SMILES string of the molecule is CC(C)(CC(=O)Nc1cc(C(F)(F)F)ccc1F)C(=O)O. The van der Waals surface area contributed by atoms with E-state index < -0.39 is 47.0 Å². The number of benzene rings is 1. The maximum Gasteiger partial charge on any atom is 0.416 e. The lowest BCUT2D eigenvalue weighted by molar-refractivity contribution is -0.149. The largest absolute Gasteiger partial charge is 0.481 e. The molecule has 21 heavy (non-hydrogen) atoms. The van der Waals surface area contributed by atoms with Crippen LogP contribution in [0.2, 0.25) is 0 Å². The van der Waals surface area contributed by atoms with Crippen LogP contribution >= 0.6 is 0 Å². The summed E-state index contributed by atoms with van der Waals surface area (Å²) >= 11 is 0. The number of amides is 1. The van der Waals surface area contributed by atoms with Crippen LogP contribution in [0.25, 0.3) is 0 Å². The molecule has 0 fully saturated rings. The number of anilines is 1. The number of carbonyl (C=O) groups excluding carboxylic acids is 1. The third kappa shape index (κ3) is 4.44. The van der Waals surface area contributed by atoms with Crippen LogP contribution in [-0.4, -0.2) is 17.0 Å². The zero-order valence-corrected chi connectivity index (χ0v) is 11.2. The monoisotopic (exact) mass is 307 g/mol. The third-order valence-electron chi connectivity index (χ3n) is 2.75. The molecule has 116 valence electrons. The van der Waals surface area contributed by atoms with Crippen molar-refractivity contribution in [2.45, 2.75) is 26.4 Å². The molecule has 1 aromatic rings. The van der Waals surface area contributed by atoms with Gasteiger partial charge < -0.3 is 10.4 Å². The topological polar surface area (TPSA) is 66.4 Å². The summed E-state index contributed by atoms with van der Waals surface area (Å²) in [6.45, 7) is 2.55. The van der Waals surface area contributed by atoms with Crippen molar-refractivity contribution in [2.75, 3.05) is 5.32 Å². The Morgan fingerprint density at radius 1 is 1.24 bits per heavy atom. The second-order valence-corrected chi connectivity index (χ2v) is 5.11. The lowest BCUT2D eigenvalue weighted by Gasteiger charge is -2.18. The molecule has 0 radical (unpaired) electrons. The standard InChI is InChI=1S/C13H13F4NO3/c1-12(2,11(20)21)6-10(19)18-9-5-7(13(15,16)17)3-4-8(9)14/h3-5H,6H2,1-2H3,(H,18,19)(H,20,21). The number of rotatable bonds is 4. The van der Waals surface area contributed by atoms with Gasteiger partial charge in [0.05, 0.1) is 16.7 Å². The van der Waals surface area contributed by atoms with Crippen LogP contribution in [0.3, 0.4) is 0 Å². The number of carboxylic acids is 1. The lowest BCUT2D eigenvalue weighted by Crippen LogP contribution is -2.29. The Hall–Kier alpha value is -2.12. The van der Waals surface area contributed by atoms with E-state index >= 15 is 0 Å². The van der Waals surface area contributed by atoms with Crippen molar-refractivity contribution >= 4 is 17.6 Å². The van der Waals surface area contributed by atoms with Gasteiger partial charge in [0.2, 0.25) is 5.91 Å². The van der Waals surface area contributed by atoms with E-state index in [0.717, 1.165) is 0 Å². The van der Waals surface area contributed by atoms with Crippen molar-refractivity contribution < 1.29 is 32.3 Å². The first-order chi connectivity index (χ1) is 9.43. The first-order valence-electron chi connectivity index (χ1n) is 5.83. The van der Waals surface area contributed by atoms with Crippen molar-refractivity contribution in [1.82, 2.24) is 0 Å². The number of aliphatic carboxylic acids is 1. The van der Waals surface area contributed by atoms with Crippen LogP contribution in [-0.2, 0) is 15.8 Å². The molecule has 0 saturated heterocycles. The molecular formula is C13H13F4NO3. The highest BCUT2D eigenvalue weighted by Crippen LogP contribution is 2.32. The first kappa shape index (κ1) is 16.9. The third-order valence-corrected chi connectivity index (χ3v) is 2.75. The molecule has 4 nitrogen and oxygen atoms in total. The molecule has 0 aliphatic heterocycles. The summed E-state index contributed by atoms with van der Waals surface area (Å²) in [6.07, 6.45) is -5.18. The molecule has 0 aromatic heterocycles. The average molecular weight is 307 g/mol. The molecule has 1 aromatic carbocycles. The van der Waals surface area contributed by atoms with Gasteiger partial charge >= 0.3 is 12.1 Å². The molecule has 0 bridgehead atoms. The highest BCUT2D eigenvalue weighted by molar-refractivity contribution is 5.94. The van der Waals surface area contributed by atoms with Crippen LogP contribution in [0.1, 0.15) is 25.8 Å². The molecule has 2 N–H and O–H groups in total. The summed E-state index contributed by atoms with van der Waals surface area (Å²) in [5.41, 5.74) is -3.17. The van der Waals surface area contributed by atoms with Crippen LogP contribution in [0.15, 0.2) is 18.2 Å². The van der Waals surface area contributed by atoms with Gasteiger partial charge in [0.25, 0.3) is 0 Å². The maximum absolute atomic E-state index is 13.4. The molecule has 1 amide bonds. The van der Waals surface area contributed by atoms with Gasteiger partial charge in [-0.3, -0.25) is 9.59 Å². The Balaban J connectivity index is 2.93. The highest BCUT2D eigenvalue weighted by atomic mass is 19.4. The van der Waals surface area contributed by atoms with Gasteiger partial charge in [-0.05, 0) is 32.0 Å². The Labute approximate surface area is 117 Å². The van der Waals surface area contributed by atoms with Crippen LogP contribution in [0.5, 0.6) is 0 Å². The predicted molar refractivity (Wildman–Crippen MR) is 66.1 cm³/mol. The van der Waals surface area contributed by atoms with E-state index in [1.807, 2.05) is 5.32 Å². The molecule has 0 saturated carbocycles. The van der Waals surface area contributed by atoms with Gasteiger partial charge in [-0.1, -0.05) is 0 Å². The number of hydrogen-bond acceptors (Lipinski definition) is 2. The first-order valence-corrected chi connectivity index (χ1v) is 5.83. The number of carboxylic acid groups (broad SMARTS) is 1. The minimum Gasteiger partial charge on any atom is -0.481 e. The molecule has 8 heteroatoms. The summed E-state index contributed by atoms with van der Waals surface area (Å²) in [7, 11) is 0. The summed E-state index contributed by atoms with van der Waals surface area (Å²) in [5.74, 6) is -3.17. The molecular weight excluding hydrogens is 294 g/mol.